The van der Waals surface area contributed by atoms with Crippen molar-refractivity contribution >= 4 is 34.5 Å². The van der Waals surface area contributed by atoms with Crippen molar-refractivity contribution in [2.24, 2.45) is 5.84 Å². The molecule has 0 aliphatic carbocycles. The molecule has 0 saturated carbocycles. The minimum atomic E-state index is -0.200. The summed E-state index contributed by atoms with van der Waals surface area (Å²) >= 11 is 13.4. The first-order valence-electron chi connectivity index (χ1n) is 5.10. The normalized spacial score (nSPS) is 12.9. The van der Waals surface area contributed by atoms with Crippen LogP contribution in [0.2, 0.25) is 8.67 Å². The van der Waals surface area contributed by atoms with Crippen LogP contribution in [-0.4, -0.2) is 9.78 Å². The Morgan fingerprint density at radius 2 is 2.35 bits per heavy atom. The standard InChI is InChI=1S/C10H12Cl2N4S/c1-2-16-7(3-4-14-16)9(15-13)6-5-8(11)17-10(6)12/h3-5,9,15H,2,13H2,1H3. The number of hydrogen-bond acceptors (Lipinski definition) is 4. The van der Waals surface area contributed by atoms with Crippen molar-refractivity contribution in [2.75, 3.05) is 0 Å². The van der Waals surface area contributed by atoms with E-state index in [1.165, 1.54) is 11.3 Å². The van der Waals surface area contributed by atoms with Crippen LogP contribution in [-0.2, 0) is 6.54 Å². The lowest BCUT2D eigenvalue weighted by atomic mass is 10.1. The minimum absolute atomic E-state index is 0.200. The summed E-state index contributed by atoms with van der Waals surface area (Å²) in [6, 6.07) is 3.54. The topological polar surface area (TPSA) is 55.9 Å². The zero-order valence-electron chi connectivity index (χ0n) is 9.15. The van der Waals surface area contributed by atoms with E-state index in [0.29, 0.717) is 8.67 Å². The summed E-state index contributed by atoms with van der Waals surface area (Å²) in [6.45, 7) is 2.79. The number of hydrazine groups is 1. The Morgan fingerprint density at radius 3 is 2.88 bits per heavy atom. The Labute approximate surface area is 113 Å². The van der Waals surface area contributed by atoms with Gasteiger partial charge in [0.15, 0.2) is 0 Å². The lowest BCUT2D eigenvalue weighted by Gasteiger charge is -2.16. The Kier molecular flexibility index (Phi) is 4.06. The molecule has 1 atom stereocenters. The fourth-order valence-electron chi connectivity index (χ4n) is 1.74. The first kappa shape index (κ1) is 12.9. The van der Waals surface area contributed by atoms with Crippen LogP contribution in [0.25, 0.3) is 0 Å². The lowest BCUT2D eigenvalue weighted by Crippen LogP contribution is -2.30. The number of thiophene rings is 1. The first-order chi connectivity index (χ1) is 8.17. The number of nitrogens with zero attached hydrogens (tertiary/aromatic N) is 2. The van der Waals surface area contributed by atoms with Crippen LogP contribution < -0.4 is 11.3 Å². The molecule has 2 rings (SSSR count). The molecule has 3 N–H and O–H groups in total. The van der Waals surface area contributed by atoms with Crippen molar-refractivity contribution in [3.8, 4) is 0 Å². The van der Waals surface area contributed by atoms with E-state index in [1.807, 2.05) is 23.7 Å². The van der Waals surface area contributed by atoms with Gasteiger partial charge in [-0.25, -0.2) is 5.43 Å². The van der Waals surface area contributed by atoms with Crippen LogP contribution in [0.15, 0.2) is 18.3 Å². The summed E-state index contributed by atoms with van der Waals surface area (Å²) in [5.41, 5.74) is 4.59. The number of halogens is 2. The maximum atomic E-state index is 6.14. The first-order valence-corrected chi connectivity index (χ1v) is 6.67. The molecule has 0 radical (unpaired) electrons. The van der Waals surface area contributed by atoms with Crippen LogP contribution in [0.1, 0.15) is 24.2 Å². The largest absolute Gasteiger partial charge is 0.271 e. The fourth-order valence-corrected chi connectivity index (χ4v) is 3.27. The van der Waals surface area contributed by atoms with Gasteiger partial charge in [0.05, 0.1) is 20.4 Å². The van der Waals surface area contributed by atoms with E-state index in [9.17, 15) is 0 Å². The smallest absolute Gasteiger partial charge is 0.0996 e. The highest BCUT2D eigenvalue weighted by molar-refractivity contribution is 7.20. The van der Waals surface area contributed by atoms with Gasteiger partial charge < -0.3 is 0 Å². The van der Waals surface area contributed by atoms with Gasteiger partial charge in [0.1, 0.15) is 0 Å². The molecule has 92 valence electrons. The predicted octanol–water partition coefficient (Wildman–Crippen LogP) is 2.82. The van der Waals surface area contributed by atoms with Gasteiger partial charge in [0.2, 0.25) is 0 Å². The van der Waals surface area contributed by atoms with Crippen molar-refractivity contribution in [1.82, 2.24) is 15.2 Å². The van der Waals surface area contributed by atoms with Crippen LogP contribution in [0.3, 0.4) is 0 Å². The van der Waals surface area contributed by atoms with Crippen LogP contribution in [0.4, 0.5) is 0 Å². The van der Waals surface area contributed by atoms with Gasteiger partial charge in [-0.1, -0.05) is 23.2 Å². The third-order valence-corrected chi connectivity index (χ3v) is 4.02. The highest BCUT2D eigenvalue weighted by Gasteiger charge is 2.21. The summed E-state index contributed by atoms with van der Waals surface area (Å²) in [5.74, 6) is 5.61. The highest BCUT2D eigenvalue weighted by Crippen LogP contribution is 2.37. The van der Waals surface area contributed by atoms with E-state index in [0.717, 1.165) is 17.8 Å². The number of rotatable bonds is 4. The van der Waals surface area contributed by atoms with Gasteiger partial charge in [0.25, 0.3) is 0 Å². The van der Waals surface area contributed by atoms with Crippen LogP contribution >= 0.6 is 34.5 Å². The molecule has 0 aromatic carbocycles. The molecule has 2 aromatic heterocycles. The average Bonchev–Trinajstić information content (AvgIpc) is 2.88. The molecule has 7 heteroatoms. The third kappa shape index (κ3) is 2.48. The fraction of sp³-hybridized carbons (Fsp3) is 0.300. The van der Waals surface area contributed by atoms with Crippen molar-refractivity contribution in [1.29, 1.82) is 0 Å². The second kappa shape index (κ2) is 5.37. The average molecular weight is 291 g/mol. The Hall–Kier alpha value is -0.590. The quantitative estimate of drug-likeness (QED) is 0.672. The number of aryl methyl sites for hydroxylation is 1. The Balaban J connectivity index is 2.43. The van der Waals surface area contributed by atoms with Crippen molar-refractivity contribution in [3.05, 3.63) is 38.3 Å². The summed E-state index contributed by atoms with van der Waals surface area (Å²) in [7, 11) is 0. The Morgan fingerprint density at radius 1 is 1.59 bits per heavy atom. The summed E-state index contributed by atoms with van der Waals surface area (Å²) in [6.07, 6.45) is 1.74. The van der Waals surface area contributed by atoms with E-state index in [4.69, 9.17) is 29.0 Å². The highest BCUT2D eigenvalue weighted by atomic mass is 35.5. The summed E-state index contributed by atoms with van der Waals surface area (Å²) < 4.78 is 3.15. The third-order valence-electron chi connectivity index (χ3n) is 2.51. The second-order valence-electron chi connectivity index (χ2n) is 3.45. The van der Waals surface area contributed by atoms with Crippen LogP contribution in [0, 0.1) is 0 Å². The molecule has 1 unspecified atom stereocenters. The molecule has 0 saturated heterocycles. The maximum absolute atomic E-state index is 6.14. The van der Waals surface area contributed by atoms with E-state index in [2.05, 4.69) is 10.5 Å². The molecule has 4 nitrogen and oxygen atoms in total. The molecule has 2 heterocycles. The zero-order chi connectivity index (χ0) is 12.4. The van der Waals surface area contributed by atoms with E-state index in [-0.39, 0.29) is 6.04 Å². The summed E-state index contributed by atoms with van der Waals surface area (Å²) in [5, 5.41) is 4.21. The molecule has 0 aliphatic heterocycles. The molecular formula is C10H12Cl2N4S. The molecule has 0 aliphatic rings. The number of hydrogen-bond donors (Lipinski definition) is 2. The van der Waals surface area contributed by atoms with E-state index in [1.54, 1.807) is 6.20 Å². The van der Waals surface area contributed by atoms with Gasteiger partial charge >= 0.3 is 0 Å². The number of nitrogens with two attached hydrogens (primary N) is 1. The summed E-state index contributed by atoms with van der Waals surface area (Å²) in [4.78, 5) is 0. The second-order valence-corrected chi connectivity index (χ2v) is 5.74. The lowest BCUT2D eigenvalue weighted by molar-refractivity contribution is 0.544. The van der Waals surface area contributed by atoms with Crippen molar-refractivity contribution < 1.29 is 0 Å². The number of aromatic nitrogens is 2. The Bertz CT molecular complexity index is 508. The monoisotopic (exact) mass is 290 g/mol. The van der Waals surface area contributed by atoms with Crippen LogP contribution in [0.5, 0.6) is 0 Å². The van der Waals surface area contributed by atoms with Gasteiger partial charge in [-0.05, 0) is 19.1 Å². The van der Waals surface area contributed by atoms with Crippen molar-refractivity contribution in [2.45, 2.75) is 19.5 Å². The predicted molar refractivity (Wildman–Crippen MR) is 71.4 cm³/mol. The van der Waals surface area contributed by atoms with Gasteiger partial charge in [-0.15, -0.1) is 11.3 Å². The SMILES string of the molecule is CCn1nccc1C(NN)c1cc(Cl)sc1Cl. The molecular weight excluding hydrogens is 279 g/mol. The van der Waals surface area contributed by atoms with Gasteiger partial charge in [-0.3, -0.25) is 10.5 Å². The molecule has 0 fully saturated rings. The molecule has 0 amide bonds. The minimum Gasteiger partial charge on any atom is -0.271 e. The van der Waals surface area contributed by atoms with Gasteiger partial charge in [0, 0.05) is 18.3 Å². The van der Waals surface area contributed by atoms with E-state index < -0.39 is 0 Å². The van der Waals surface area contributed by atoms with Crippen molar-refractivity contribution in [3.63, 3.8) is 0 Å². The molecule has 17 heavy (non-hydrogen) atoms. The number of nitrogens with one attached hydrogen (secondary N) is 1. The maximum Gasteiger partial charge on any atom is 0.0996 e. The van der Waals surface area contributed by atoms with Gasteiger partial charge in [-0.2, -0.15) is 5.10 Å². The molecule has 2 aromatic rings. The molecule has 0 bridgehead atoms. The molecule has 0 spiro atoms. The zero-order valence-corrected chi connectivity index (χ0v) is 11.5. The van der Waals surface area contributed by atoms with E-state index >= 15 is 0 Å².